The summed E-state index contributed by atoms with van der Waals surface area (Å²) in [5.41, 5.74) is 0. The predicted octanol–water partition coefficient (Wildman–Crippen LogP) is 4.86. The van der Waals surface area contributed by atoms with Crippen LogP contribution in [0.15, 0.2) is 33.6 Å². The summed E-state index contributed by atoms with van der Waals surface area (Å²) in [5.74, 6) is 0.631. The van der Waals surface area contributed by atoms with Gasteiger partial charge in [-0.25, -0.2) is 0 Å². The van der Waals surface area contributed by atoms with Crippen LogP contribution in [0.5, 0.6) is 0 Å². The average molecular weight is 356 g/mol. The fourth-order valence-corrected chi connectivity index (χ4v) is 3.30. The summed E-state index contributed by atoms with van der Waals surface area (Å²) in [6.07, 6.45) is -4.69. The molecule has 1 rings (SSSR count). The largest absolute Gasteiger partial charge is 0.389 e. The molecule has 0 aliphatic rings. The van der Waals surface area contributed by atoms with E-state index in [1.165, 1.54) is 0 Å². The van der Waals surface area contributed by atoms with Crippen molar-refractivity contribution < 1.29 is 13.2 Å². The lowest BCUT2D eigenvalue weighted by atomic mass is 10.2. The van der Waals surface area contributed by atoms with Gasteiger partial charge < -0.3 is 5.32 Å². The van der Waals surface area contributed by atoms with Crippen molar-refractivity contribution in [1.29, 1.82) is 0 Å². The normalized spacial score (nSPS) is 13.5. The maximum Gasteiger partial charge on any atom is 0.389 e. The zero-order valence-electron chi connectivity index (χ0n) is 10.6. The number of hydrogen-bond donors (Lipinski definition) is 1. The molecule has 0 amide bonds. The Morgan fingerprint density at radius 2 is 2.00 bits per heavy atom. The molecule has 0 aliphatic carbocycles. The topological polar surface area (TPSA) is 12.0 Å². The first-order valence-electron chi connectivity index (χ1n) is 6.10. The van der Waals surface area contributed by atoms with E-state index in [9.17, 15) is 13.2 Å². The third-order valence-electron chi connectivity index (χ3n) is 2.55. The molecule has 0 saturated heterocycles. The third kappa shape index (κ3) is 7.22. The molecule has 0 radical (unpaired) electrons. The maximum absolute atomic E-state index is 12.2. The first-order chi connectivity index (χ1) is 8.92. The number of rotatable bonds is 7. The van der Waals surface area contributed by atoms with Gasteiger partial charge in [0.25, 0.3) is 0 Å². The summed E-state index contributed by atoms with van der Waals surface area (Å²) >= 11 is 5.00. The molecule has 1 nitrogen and oxygen atoms in total. The monoisotopic (exact) mass is 355 g/mol. The number of halogens is 4. The second kappa shape index (κ2) is 8.17. The lowest BCUT2D eigenvalue weighted by molar-refractivity contribution is -0.136. The Morgan fingerprint density at radius 1 is 1.32 bits per heavy atom. The van der Waals surface area contributed by atoms with E-state index in [0.717, 1.165) is 9.37 Å². The maximum atomic E-state index is 12.2. The van der Waals surface area contributed by atoms with Crippen LogP contribution in [0, 0.1) is 0 Å². The van der Waals surface area contributed by atoms with E-state index in [4.69, 9.17) is 0 Å². The van der Waals surface area contributed by atoms with Gasteiger partial charge in [0, 0.05) is 27.6 Å². The van der Waals surface area contributed by atoms with Gasteiger partial charge in [-0.1, -0.05) is 19.1 Å². The highest BCUT2D eigenvalue weighted by atomic mass is 79.9. The molecule has 1 aromatic carbocycles. The van der Waals surface area contributed by atoms with Crippen LogP contribution in [-0.2, 0) is 0 Å². The number of benzene rings is 1. The van der Waals surface area contributed by atoms with Gasteiger partial charge in [-0.2, -0.15) is 13.2 Å². The van der Waals surface area contributed by atoms with E-state index in [2.05, 4.69) is 21.2 Å². The van der Waals surface area contributed by atoms with E-state index >= 15 is 0 Å². The van der Waals surface area contributed by atoms with Crippen molar-refractivity contribution in [2.45, 2.75) is 36.9 Å². The molecule has 1 aromatic rings. The summed E-state index contributed by atoms with van der Waals surface area (Å²) in [6.45, 7) is 2.59. The zero-order chi connectivity index (χ0) is 14.3. The van der Waals surface area contributed by atoms with Crippen LogP contribution in [-0.4, -0.2) is 24.5 Å². The van der Waals surface area contributed by atoms with Gasteiger partial charge in [-0.05, 0) is 41.0 Å². The van der Waals surface area contributed by atoms with Gasteiger partial charge >= 0.3 is 6.18 Å². The highest BCUT2D eigenvalue weighted by Crippen LogP contribution is 2.29. The molecular weight excluding hydrogens is 339 g/mol. The van der Waals surface area contributed by atoms with Crippen molar-refractivity contribution in [3.05, 3.63) is 28.7 Å². The number of thioether (sulfide) groups is 1. The minimum Gasteiger partial charge on any atom is -0.313 e. The molecular formula is C13H17BrF3NS. The summed E-state index contributed by atoms with van der Waals surface area (Å²) in [4.78, 5) is 1.05. The van der Waals surface area contributed by atoms with Crippen molar-refractivity contribution in [2.75, 3.05) is 12.3 Å². The summed E-state index contributed by atoms with van der Waals surface area (Å²) in [6, 6.07) is 7.61. The second-order valence-corrected chi connectivity index (χ2v) is 6.07. The van der Waals surface area contributed by atoms with Crippen LogP contribution in [0.4, 0.5) is 13.2 Å². The van der Waals surface area contributed by atoms with Gasteiger partial charge in [-0.3, -0.25) is 0 Å². The first kappa shape index (κ1) is 16.9. The molecule has 0 saturated carbocycles. The van der Waals surface area contributed by atoms with Crippen molar-refractivity contribution in [3.8, 4) is 0 Å². The molecule has 0 aliphatic heterocycles. The van der Waals surface area contributed by atoms with Crippen LogP contribution in [0.3, 0.4) is 0 Å². The third-order valence-corrected chi connectivity index (χ3v) is 4.74. The number of nitrogens with one attached hydrogen (secondary N) is 1. The smallest absolute Gasteiger partial charge is 0.313 e. The molecule has 1 N–H and O–H groups in total. The van der Waals surface area contributed by atoms with Gasteiger partial charge in [0.2, 0.25) is 0 Å². The van der Waals surface area contributed by atoms with Crippen LogP contribution >= 0.6 is 27.7 Å². The number of hydrogen-bond acceptors (Lipinski definition) is 2. The minimum absolute atomic E-state index is 0.120. The van der Waals surface area contributed by atoms with E-state index < -0.39 is 12.6 Å². The first-order valence-corrected chi connectivity index (χ1v) is 7.87. The predicted molar refractivity (Wildman–Crippen MR) is 77.6 cm³/mol. The SMILES string of the molecule is CCNC(CCC(F)(F)F)CSc1ccccc1Br. The van der Waals surface area contributed by atoms with Crippen molar-refractivity contribution in [3.63, 3.8) is 0 Å². The Kier molecular flexibility index (Phi) is 7.25. The lowest BCUT2D eigenvalue weighted by Crippen LogP contribution is -2.32. The van der Waals surface area contributed by atoms with Crippen molar-refractivity contribution in [2.24, 2.45) is 0 Å². The van der Waals surface area contributed by atoms with Crippen LogP contribution in [0.25, 0.3) is 0 Å². The molecule has 0 bridgehead atoms. The van der Waals surface area contributed by atoms with Crippen molar-refractivity contribution in [1.82, 2.24) is 5.32 Å². The Balaban J connectivity index is 2.47. The molecule has 0 spiro atoms. The van der Waals surface area contributed by atoms with Gasteiger partial charge in [0.05, 0.1) is 0 Å². The molecule has 19 heavy (non-hydrogen) atoms. The Labute approximate surface area is 124 Å². The number of alkyl halides is 3. The summed E-state index contributed by atoms with van der Waals surface area (Å²) in [7, 11) is 0. The molecule has 1 atom stereocenters. The van der Waals surface area contributed by atoms with Crippen molar-refractivity contribution >= 4 is 27.7 Å². The molecule has 0 fully saturated rings. The Morgan fingerprint density at radius 3 is 2.58 bits per heavy atom. The second-order valence-electron chi connectivity index (χ2n) is 4.15. The minimum atomic E-state index is -4.08. The van der Waals surface area contributed by atoms with Gasteiger partial charge in [0.1, 0.15) is 0 Å². The van der Waals surface area contributed by atoms with E-state index in [1.54, 1.807) is 11.8 Å². The molecule has 0 heterocycles. The molecule has 0 aromatic heterocycles. The van der Waals surface area contributed by atoms with Crippen LogP contribution in [0.2, 0.25) is 0 Å². The summed E-state index contributed by atoms with van der Waals surface area (Å²) < 4.78 is 37.7. The highest BCUT2D eigenvalue weighted by Gasteiger charge is 2.28. The van der Waals surface area contributed by atoms with Gasteiger partial charge in [-0.15, -0.1) is 11.8 Å². The molecule has 1 unspecified atom stereocenters. The van der Waals surface area contributed by atoms with E-state index in [0.29, 0.717) is 12.3 Å². The van der Waals surface area contributed by atoms with Crippen LogP contribution in [0.1, 0.15) is 19.8 Å². The molecule has 6 heteroatoms. The highest BCUT2D eigenvalue weighted by molar-refractivity contribution is 9.10. The molecule has 108 valence electrons. The fourth-order valence-electron chi connectivity index (χ4n) is 1.62. The Hall–Kier alpha value is -0.200. The van der Waals surface area contributed by atoms with Gasteiger partial charge in [0.15, 0.2) is 0 Å². The van der Waals surface area contributed by atoms with Crippen LogP contribution < -0.4 is 5.32 Å². The average Bonchev–Trinajstić information content (AvgIpc) is 2.33. The standard InChI is InChI=1S/C13H17BrF3NS/c1-2-18-10(7-8-13(15,16)17)9-19-12-6-4-3-5-11(12)14/h3-6,10,18H,2,7-9H2,1H3. The Bertz CT molecular complexity index is 384. The fraction of sp³-hybridized carbons (Fsp3) is 0.538. The summed E-state index contributed by atoms with van der Waals surface area (Å²) in [5, 5.41) is 3.11. The lowest BCUT2D eigenvalue weighted by Gasteiger charge is -2.18. The zero-order valence-corrected chi connectivity index (χ0v) is 13.0. The quantitative estimate of drug-likeness (QED) is 0.700. The van der Waals surface area contributed by atoms with E-state index in [1.807, 2.05) is 31.2 Å². The van der Waals surface area contributed by atoms with E-state index in [-0.39, 0.29) is 12.5 Å².